The van der Waals surface area contributed by atoms with E-state index in [9.17, 15) is 9.59 Å². The van der Waals surface area contributed by atoms with Gasteiger partial charge < -0.3 is 19.4 Å². The molecule has 3 aromatic rings. The van der Waals surface area contributed by atoms with E-state index in [-0.39, 0.29) is 42.5 Å². The molecule has 3 aromatic carbocycles. The maximum Gasteiger partial charge on any atom is 0.410 e. The molecule has 0 aromatic heterocycles. The highest BCUT2D eigenvalue weighted by Gasteiger charge is 2.40. The number of hydrogen-bond acceptors (Lipinski definition) is 4. The standard InChI is InChI=1S/C36H45N3O3.ClH/c1-27(2)39(36(41)42-26-28-13-7-4-8-14-28)32-19-21-38(22-20-32)25-31-23-33(24-34(31)29-15-9-5-10-16-29)37(3)35(40)30-17-11-6-12-18-30;/h4-18,27,31-34H,19-26H2,1-3H3;1H. The number of benzene rings is 3. The molecule has 2 fully saturated rings. The Balaban J connectivity index is 0.00000423. The molecule has 1 aliphatic carbocycles. The maximum atomic E-state index is 13.3. The monoisotopic (exact) mass is 603 g/mol. The van der Waals surface area contributed by atoms with Gasteiger partial charge in [-0.15, -0.1) is 12.4 Å². The van der Waals surface area contributed by atoms with Crippen LogP contribution in [0.2, 0.25) is 0 Å². The molecule has 1 saturated heterocycles. The minimum atomic E-state index is -0.221. The Morgan fingerprint density at radius 2 is 1.42 bits per heavy atom. The Bertz CT molecular complexity index is 1280. The van der Waals surface area contributed by atoms with Gasteiger partial charge >= 0.3 is 6.09 Å². The molecule has 7 heteroatoms. The molecule has 0 radical (unpaired) electrons. The molecule has 43 heavy (non-hydrogen) atoms. The lowest BCUT2D eigenvalue weighted by molar-refractivity contribution is 0.0443. The molecule has 3 unspecified atom stereocenters. The summed E-state index contributed by atoms with van der Waals surface area (Å²) in [4.78, 5) is 32.9. The minimum absolute atomic E-state index is 0. The fourth-order valence-electron chi connectivity index (χ4n) is 6.96. The molecule has 6 nitrogen and oxygen atoms in total. The summed E-state index contributed by atoms with van der Waals surface area (Å²) in [7, 11) is 1.97. The lowest BCUT2D eigenvalue weighted by Crippen LogP contribution is -2.51. The van der Waals surface area contributed by atoms with E-state index in [0.29, 0.717) is 18.4 Å². The van der Waals surface area contributed by atoms with E-state index in [1.54, 1.807) is 0 Å². The number of likely N-dealkylation sites (tertiary alicyclic amines) is 1. The van der Waals surface area contributed by atoms with Gasteiger partial charge in [0.15, 0.2) is 0 Å². The van der Waals surface area contributed by atoms with E-state index in [0.717, 1.165) is 56.4 Å². The van der Waals surface area contributed by atoms with Gasteiger partial charge in [-0.05, 0) is 74.6 Å². The van der Waals surface area contributed by atoms with E-state index >= 15 is 0 Å². The summed E-state index contributed by atoms with van der Waals surface area (Å²) in [5.74, 6) is 0.985. The summed E-state index contributed by atoms with van der Waals surface area (Å²) < 4.78 is 5.73. The largest absolute Gasteiger partial charge is 0.445 e. The van der Waals surface area contributed by atoms with Crippen molar-refractivity contribution in [1.29, 1.82) is 0 Å². The average Bonchev–Trinajstić information content (AvgIpc) is 3.45. The Morgan fingerprint density at radius 1 is 0.837 bits per heavy atom. The van der Waals surface area contributed by atoms with E-state index in [1.807, 2.05) is 77.5 Å². The number of piperidine rings is 1. The molecule has 1 heterocycles. The third-order valence-electron chi connectivity index (χ3n) is 9.20. The average molecular weight is 604 g/mol. The topological polar surface area (TPSA) is 53.1 Å². The van der Waals surface area contributed by atoms with Gasteiger partial charge in [-0.2, -0.15) is 0 Å². The first-order valence-electron chi connectivity index (χ1n) is 15.5. The number of nitrogens with zero attached hydrogens (tertiary/aromatic N) is 3. The first-order chi connectivity index (χ1) is 20.4. The van der Waals surface area contributed by atoms with Crippen LogP contribution in [0.25, 0.3) is 0 Å². The second kappa shape index (κ2) is 15.4. The van der Waals surface area contributed by atoms with Crippen molar-refractivity contribution >= 4 is 24.4 Å². The van der Waals surface area contributed by atoms with Crippen LogP contribution in [-0.2, 0) is 11.3 Å². The van der Waals surface area contributed by atoms with Crippen molar-refractivity contribution in [2.75, 3.05) is 26.7 Å². The maximum absolute atomic E-state index is 13.3. The Kier molecular flexibility index (Phi) is 11.7. The zero-order valence-corrected chi connectivity index (χ0v) is 26.5. The van der Waals surface area contributed by atoms with Crippen molar-refractivity contribution in [3.8, 4) is 0 Å². The molecule has 0 N–H and O–H groups in total. The molecule has 2 amide bonds. The molecule has 0 bridgehead atoms. The van der Waals surface area contributed by atoms with Crippen molar-refractivity contribution in [2.45, 2.75) is 70.2 Å². The summed E-state index contributed by atoms with van der Waals surface area (Å²) in [6.07, 6.45) is 3.64. The molecular formula is C36H46ClN3O3. The number of amides is 2. The van der Waals surface area contributed by atoms with Crippen molar-refractivity contribution in [3.05, 3.63) is 108 Å². The predicted molar refractivity (Wildman–Crippen MR) is 175 cm³/mol. The second-order valence-electron chi connectivity index (χ2n) is 12.3. The lowest BCUT2D eigenvalue weighted by Gasteiger charge is -2.41. The van der Waals surface area contributed by atoms with Crippen LogP contribution < -0.4 is 0 Å². The fraction of sp³-hybridized carbons (Fsp3) is 0.444. The molecule has 3 atom stereocenters. The van der Waals surface area contributed by atoms with Crippen molar-refractivity contribution < 1.29 is 14.3 Å². The third-order valence-corrected chi connectivity index (χ3v) is 9.20. The van der Waals surface area contributed by atoms with Gasteiger partial charge in [-0.25, -0.2) is 4.79 Å². The minimum Gasteiger partial charge on any atom is -0.445 e. The summed E-state index contributed by atoms with van der Waals surface area (Å²) >= 11 is 0. The number of ether oxygens (including phenoxy) is 1. The number of carbonyl (C=O) groups excluding carboxylic acids is 2. The highest BCUT2D eigenvalue weighted by molar-refractivity contribution is 5.94. The van der Waals surface area contributed by atoms with Gasteiger partial charge in [0.2, 0.25) is 0 Å². The van der Waals surface area contributed by atoms with Gasteiger partial charge in [-0.1, -0.05) is 78.9 Å². The number of halogens is 1. The molecule has 2 aliphatic rings. The first-order valence-corrected chi connectivity index (χ1v) is 15.5. The van der Waals surface area contributed by atoms with Crippen molar-refractivity contribution in [1.82, 2.24) is 14.7 Å². The normalized spacial score (nSPS) is 20.8. The van der Waals surface area contributed by atoms with Crippen LogP contribution in [0.3, 0.4) is 0 Å². The predicted octanol–water partition coefficient (Wildman–Crippen LogP) is 7.25. The van der Waals surface area contributed by atoms with Gasteiger partial charge in [0.1, 0.15) is 6.61 Å². The number of rotatable bonds is 9. The van der Waals surface area contributed by atoms with Crippen LogP contribution in [0, 0.1) is 5.92 Å². The molecular weight excluding hydrogens is 558 g/mol. The Morgan fingerprint density at radius 3 is 2.02 bits per heavy atom. The zero-order chi connectivity index (χ0) is 29.5. The molecule has 5 rings (SSSR count). The quantitative estimate of drug-likeness (QED) is 0.258. The Hall–Kier alpha value is -3.35. The van der Waals surface area contributed by atoms with Crippen molar-refractivity contribution in [2.24, 2.45) is 5.92 Å². The summed E-state index contributed by atoms with van der Waals surface area (Å²) in [5.41, 5.74) is 3.12. The smallest absolute Gasteiger partial charge is 0.410 e. The van der Waals surface area contributed by atoms with Crippen LogP contribution in [0.5, 0.6) is 0 Å². The third kappa shape index (κ3) is 8.18. The summed E-state index contributed by atoms with van der Waals surface area (Å²) in [6.45, 7) is 7.38. The highest BCUT2D eigenvalue weighted by Crippen LogP contribution is 2.42. The molecule has 230 valence electrons. The van der Waals surface area contributed by atoms with Gasteiger partial charge in [0.05, 0.1) is 0 Å². The lowest BCUT2D eigenvalue weighted by atomic mass is 9.88. The van der Waals surface area contributed by atoms with E-state index in [1.165, 1.54) is 5.56 Å². The van der Waals surface area contributed by atoms with Gasteiger partial charge in [-0.3, -0.25) is 4.79 Å². The number of carbonyl (C=O) groups is 2. The van der Waals surface area contributed by atoms with Crippen LogP contribution in [0.4, 0.5) is 4.79 Å². The van der Waals surface area contributed by atoms with Crippen LogP contribution in [-0.4, -0.2) is 71.5 Å². The molecule has 0 spiro atoms. The van der Waals surface area contributed by atoms with E-state index in [2.05, 4.69) is 49.1 Å². The second-order valence-corrected chi connectivity index (χ2v) is 12.3. The summed E-state index contributed by atoms with van der Waals surface area (Å²) in [6, 6.07) is 30.8. The van der Waals surface area contributed by atoms with E-state index in [4.69, 9.17) is 4.74 Å². The summed E-state index contributed by atoms with van der Waals surface area (Å²) in [5, 5.41) is 0. The van der Waals surface area contributed by atoms with Crippen molar-refractivity contribution in [3.63, 3.8) is 0 Å². The Labute approximate surface area is 263 Å². The SMILES string of the molecule is CC(C)N(C(=O)OCc1ccccc1)C1CCN(CC2CC(N(C)C(=O)c3ccccc3)CC2c2ccccc2)CC1.Cl. The first kappa shape index (κ1) is 32.6. The van der Waals surface area contributed by atoms with Crippen LogP contribution in [0.1, 0.15) is 66.9 Å². The number of hydrogen-bond donors (Lipinski definition) is 0. The highest BCUT2D eigenvalue weighted by atomic mass is 35.5. The van der Waals surface area contributed by atoms with Crippen LogP contribution >= 0.6 is 12.4 Å². The molecule has 1 aliphatic heterocycles. The van der Waals surface area contributed by atoms with Gasteiger partial charge in [0.25, 0.3) is 5.91 Å². The van der Waals surface area contributed by atoms with Gasteiger partial charge in [0, 0.05) is 50.4 Å². The zero-order valence-electron chi connectivity index (χ0n) is 25.7. The van der Waals surface area contributed by atoms with E-state index < -0.39 is 0 Å². The molecule has 1 saturated carbocycles. The fourth-order valence-corrected chi connectivity index (χ4v) is 6.96. The van der Waals surface area contributed by atoms with Crippen LogP contribution in [0.15, 0.2) is 91.0 Å².